The number of carbonyl (C=O) groups excluding carboxylic acids is 1. The highest BCUT2D eigenvalue weighted by molar-refractivity contribution is 6.00. The molecule has 0 saturated carbocycles. The molecule has 1 unspecified atom stereocenters. The lowest BCUT2D eigenvalue weighted by Crippen LogP contribution is -2.54. The molecule has 1 aromatic carbocycles. The molecular formula is C16H22FNO3. The molecule has 0 amide bonds. The van der Waals surface area contributed by atoms with E-state index in [9.17, 15) is 14.3 Å². The van der Waals surface area contributed by atoms with Crippen LogP contribution >= 0.6 is 0 Å². The van der Waals surface area contributed by atoms with Crippen LogP contribution in [0.1, 0.15) is 36.7 Å². The van der Waals surface area contributed by atoms with E-state index < -0.39 is 5.60 Å². The Balaban J connectivity index is 2.44. The third kappa shape index (κ3) is 3.41. The van der Waals surface area contributed by atoms with Gasteiger partial charge in [0.05, 0.1) is 18.3 Å². The van der Waals surface area contributed by atoms with Crippen LogP contribution < -0.4 is 4.90 Å². The summed E-state index contributed by atoms with van der Waals surface area (Å²) >= 11 is 0. The molecule has 0 radical (unpaired) electrons. The molecule has 1 aliphatic heterocycles. The Labute approximate surface area is 124 Å². The molecule has 1 saturated heterocycles. The van der Waals surface area contributed by atoms with Crippen LogP contribution in [-0.4, -0.2) is 42.3 Å². The van der Waals surface area contributed by atoms with E-state index in [1.165, 1.54) is 13.0 Å². The summed E-state index contributed by atoms with van der Waals surface area (Å²) in [6.45, 7) is 7.95. The smallest absolute Gasteiger partial charge is 0.161 e. The minimum absolute atomic E-state index is 0.0878. The number of halogens is 1. The molecule has 1 N–H and O–H groups in total. The lowest BCUT2D eigenvalue weighted by Gasteiger charge is -2.44. The first-order chi connectivity index (χ1) is 9.73. The number of rotatable bonds is 3. The van der Waals surface area contributed by atoms with Crippen LogP contribution in [0.3, 0.4) is 0 Å². The van der Waals surface area contributed by atoms with Crippen LogP contribution in [-0.2, 0) is 4.74 Å². The van der Waals surface area contributed by atoms with E-state index in [0.717, 1.165) is 0 Å². The average molecular weight is 295 g/mol. The molecule has 1 fully saturated rings. The summed E-state index contributed by atoms with van der Waals surface area (Å²) in [4.78, 5) is 13.8. The van der Waals surface area contributed by atoms with Gasteiger partial charge in [0.1, 0.15) is 5.82 Å². The molecule has 0 aromatic heterocycles. The molecule has 0 bridgehead atoms. The zero-order valence-corrected chi connectivity index (χ0v) is 12.9. The number of ether oxygens (including phenoxy) is 1. The molecule has 4 nitrogen and oxygen atoms in total. The maximum absolute atomic E-state index is 13.7. The van der Waals surface area contributed by atoms with Gasteiger partial charge in [-0.3, -0.25) is 4.79 Å². The number of aryl methyl sites for hydroxylation is 1. The number of anilines is 1. The minimum Gasteiger partial charge on any atom is -0.394 e. The monoisotopic (exact) mass is 295 g/mol. The van der Waals surface area contributed by atoms with Crippen LogP contribution in [0.4, 0.5) is 10.1 Å². The summed E-state index contributed by atoms with van der Waals surface area (Å²) in [5.41, 5.74) is 1.13. The first-order valence-corrected chi connectivity index (χ1v) is 7.08. The lowest BCUT2D eigenvalue weighted by atomic mass is 10.00. The number of Topliss-reactive ketones (excluding diaryl/α,β-unsaturated/α-hetero) is 1. The maximum Gasteiger partial charge on any atom is 0.161 e. The van der Waals surface area contributed by atoms with Gasteiger partial charge in [0.2, 0.25) is 0 Å². The van der Waals surface area contributed by atoms with Crippen LogP contribution in [0.2, 0.25) is 0 Å². The number of morpholine rings is 1. The quantitative estimate of drug-likeness (QED) is 0.869. The van der Waals surface area contributed by atoms with Crippen molar-refractivity contribution < 1.29 is 19.0 Å². The van der Waals surface area contributed by atoms with Gasteiger partial charge < -0.3 is 14.7 Å². The predicted molar refractivity (Wildman–Crippen MR) is 79.4 cm³/mol. The zero-order valence-electron chi connectivity index (χ0n) is 12.9. The van der Waals surface area contributed by atoms with Crippen molar-refractivity contribution in [2.75, 3.05) is 24.6 Å². The molecule has 116 valence electrons. The Kier molecular flexibility index (Phi) is 4.35. The summed E-state index contributed by atoms with van der Waals surface area (Å²) in [5.74, 6) is -0.552. The van der Waals surface area contributed by atoms with Gasteiger partial charge in [-0.25, -0.2) is 4.39 Å². The first-order valence-electron chi connectivity index (χ1n) is 7.08. The Morgan fingerprint density at radius 1 is 1.52 bits per heavy atom. The van der Waals surface area contributed by atoms with Gasteiger partial charge >= 0.3 is 0 Å². The molecular weight excluding hydrogens is 273 g/mol. The van der Waals surface area contributed by atoms with Crippen LogP contribution in [0.15, 0.2) is 12.1 Å². The van der Waals surface area contributed by atoms with Gasteiger partial charge in [0.15, 0.2) is 5.78 Å². The highest BCUT2D eigenvalue weighted by atomic mass is 19.1. The highest BCUT2D eigenvalue weighted by Gasteiger charge is 2.34. The number of benzene rings is 1. The Bertz CT molecular complexity index is 557. The number of hydrogen-bond acceptors (Lipinski definition) is 4. The molecule has 5 heteroatoms. The van der Waals surface area contributed by atoms with E-state index in [2.05, 4.69) is 0 Å². The molecule has 1 aromatic rings. The molecule has 0 aliphatic carbocycles. The molecule has 1 atom stereocenters. The van der Waals surface area contributed by atoms with Gasteiger partial charge in [0.25, 0.3) is 0 Å². The van der Waals surface area contributed by atoms with Crippen molar-refractivity contribution in [2.45, 2.75) is 39.4 Å². The topological polar surface area (TPSA) is 49.8 Å². The number of hydrogen-bond donors (Lipinski definition) is 1. The van der Waals surface area contributed by atoms with Crippen molar-refractivity contribution >= 4 is 11.5 Å². The number of ketones is 1. The normalized spacial score (nSPS) is 21.4. The van der Waals surface area contributed by atoms with Crippen molar-refractivity contribution in [3.05, 3.63) is 29.1 Å². The van der Waals surface area contributed by atoms with Gasteiger partial charge in [-0.2, -0.15) is 0 Å². The Morgan fingerprint density at radius 2 is 2.19 bits per heavy atom. The van der Waals surface area contributed by atoms with Crippen molar-refractivity contribution in [3.63, 3.8) is 0 Å². The van der Waals surface area contributed by atoms with E-state index in [0.29, 0.717) is 29.9 Å². The summed E-state index contributed by atoms with van der Waals surface area (Å²) in [5, 5.41) is 9.39. The standard InChI is InChI=1S/C16H22FNO3/c1-10-5-15(13(11(2)20)6-14(10)17)18-7-12(8-19)21-16(3,4)9-18/h5-6,12,19H,7-9H2,1-4H3. The van der Waals surface area contributed by atoms with Gasteiger partial charge in [-0.05, 0) is 45.4 Å². The second kappa shape index (κ2) is 5.73. The number of nitrogens with zero attached hydrogens (tertiary/aromatic N) is 1. The molecule has 1 heterocycles. The second-order valence-corrected chi connectivity index (χ2v) is 6.24. The summed E-state index contributed by atoms with van der Waals surface area (Å²) < 4.78 is 19.5. The minimum atomic E-state index is -0.442. The fourth-order valence-corrected chi connectivity index (χ4v) is 2.78. The van der Waals surface area contributed by atoms with E-state index in [4.69, 9.17) is 4.74 Å². The second-order valence-electron chi connectivity index (χ2n) is 6.24. The number of carbonyl (C=O) groups is 1. The third-order valence-corrected chi connectivity index (χ3v) is 3.68. The number of aliphatic hydroxyl groups excluding tert-OH is 1. The zero-order chi connectivity index (χ0) is 15.8. The SMILES string of the molecule is CC(=O)c1cc(F)c(C)cc1N1CC(CO)OC(C)(C)C1. The lowest BCUT2D eigenvalue weighted by molar-refractivity contribution is -0.101. The van der Waals surface area contributed by atoms with Crippen molar-refractivity contribution in [2.24, 2.45) is 0 Å². The predicted octanol–water partition coefficient (Wildman–Crippen LogP) is 2.31. The summed E-state index contributed by atoms with van der Waals surface area (Å²) in [6.07, 6.45) is -0.320. The number of aliphatic hydroxyl groups is 1. The fourth-order valence-electron chi connectivity index (χ4n) is 2.78. The van der Waals surface area contributed by atoms with E-state index in [1.54, 1.807) is 13.0 Å². The van der Waals surface area contributed by atoms with E-state index in [1.807, 2.05) is 18.7 Å². The van der Waals surface area contributed by atoms with Crippen molar-refractivity contribution in [3.8, 4) is 0 Å². The first kappa shape index (κ1) is 15.9. The molecule has 0 spiro atoms. The fraction of sp³-hybridized carbons (Fsp3) is 0.562. The van der Waals surface area contributed by atoms with E-state index in [-0.39, 0.29) is 24.3 Å². The third-order valence-electron chi connectivity index (χ3n) is 3.68. The van der Waals surface area contributed by atoms with Crippen LogP contribution in [0, 0.1) is 12.7 Å². The molecule has 21 heavy (non-hydrogen) atoms. The largest absolute Gasteiger partial charge is 0.394 e. The summed E-state index contributed by atoms with van der Waals surface area (Å²) in [7, 11) is 0. The Morgan fingerprint density at radius 3 is 2.76 bits per heavy atom. The van der Waals surface area contributed by atoms with Crippen LogP contribution in [0.25, 0.3) is 0 Å². The molecule has 1 aliphatic rings. The highest BCUT2D eigenvalue weighted by Crippen LogP contribution is 2.30. The average Bonchev–Trinajstić information content (AvgIpc) is 2.39. The van der Waals surface area contributed by atoms with Crippen molar-refractivity contribution in [1.29, 1.82) is 0 Å². The van der Waals surface area contributed by atoms with Gasteiger partial charge in [-0.15, -0.1) is 0 Å². The maximum atomic E-state index is 13.7. The summed E-state index contributed by atoms with van der Waals surface area (Å²) in [6, 6.07) is 2.99. The van der Waals surface area contributed by atoms with E-state index >= 15 is 0 Å². The van der Waals surface area contributed by atoms with Crippen LogP contribution in [0.5, 0.6) is 0 Å². The van der Waals surface area contributed by atoms with Gasteiger partial charge in [-0.1, -0.05) is 0 Å². The van der Waals surface area contributed by atoms with Gasteiger partial charge in [0, 0.05) is 24.3 Å². The van der Waals surface area contributed by atoms with Crippen molar-refractivity contribution in [1.82, 2.24) is 0 Å². The molecule has 2 rings (SSSR count). The Hall–Kier alpha value is -1.46.